The summed E-state index contributed by atoms with van der Waals surface area (Å²) >= 11 is 0. The molecule has 3 amide bonds. The monoisotopic (exact) mass is 388 g/mol. The SMILES string of the molecule is Cc1cccc(NC(=O)NC(=O)C[NH2+]C(c2ccccc2)c2ccccc2)c1C. The van der Waals surface area contributed by atoms with Gasteiger partial charge in [0.25, 0.3) is 5.91 Å². The third kappa shape index (κ3) is 5.53. The topological polar surface area (TPSA) is 74.8 Å². The molecular formula is C24H26N3O2+. The van der Waals surface area contributed by atoms with Crippen molar-refractivity contribution in [2.75, 3.05) is 11.9 Å². The minimum absolute atomic E-state index is 0.0229. The van der Waals surface area contributed by atoms with Crippen LogP contribution in [0.15, 0.2) is 78.9 Å². The third-order valence-electron chi connectivity index (χ3n) is 4.96. The predicted molar refractivity (Wildman–Crippen MR) is 115 cm³/mol. The Hall–Kier alpha value is -3.44. The summed E-state index contributed by atoms with van der Waals surface area (Å²) in [5.74, 6) is -0.343. The third-order valence-corrected chi connectivity index (χ3v) is 4.96. The second-order valence-electron chi connectivity index (χ2n) is 6.99. The number of aryl methyl sites for hydroxylation is 1. The van der Waals surface area contributed by atoms with Crippen molar-refractivity contribution >= 4 is 17.6 Å². The van der Waals surface area contributed by atoms with E-state index in [0.717, 1.165) is 22.3 Å². The number of carbonyl (C=O) groups excluding carboxylic acids is 2. The lowest BCUT2D eigenvalue weighted by molar-refractivity contribution is -0.676. The van der Waals surface area contributed by atoms with E-state index < -0.39 is 6.03 Å². The van der Waals surface area contributed by atoms with E-state index in [2.05, 4.69) is 10.6 Å². The Balaban J connectivity index is 1.61. The number of hydrogen-bond acceptors (Lipinski definition) is 2. The van der Waals surface area contributed by atoms with E-state index in [1.807, 2.05) is 98.0 Å². The Morgan fingerprint density at radius 2 is 1.41 bits per heavy atom. The molecule has 0 saturated carbocycles. The molecule has 29 heavy (non-hydrogen) atoms. The van der Waals surface area contributed by atoms with Crippen LogP contribution >= 0.6 is 0 Å². The average Bonchev–Trinajstić information content (AvgIpc) is 2.73. The maximum atomic E-state index is 12.4. The van der Waals surface area contributed by atoms with Crippen LogP contribution < -0.4 is 16.0 Å². The molecule has 5 nitrogen and oxygen atoms in total. The molecule has 5 heteroatoms. The number of amides is 3. The van der Waals surface area contributed by atoms with Crippen molar-refractivity contribution in [3.05, 3.63) is 101 Å². The second kappa shape index (κ2) is 9.66. The largest absolute Gasteiger partial charge is 0.328 e. The Morgan fingerprint density at radius 1 is 0.828 bits per heavy atom. The van der Waals surface area contributed by atoms with E-state index in [4.69, 9.17) is 0 Å². The van der Waals surface area contributed by atoms with Crippen LogP contribution in [0, 0.1) is 13.8 Å². The van der Waals surface area contributed by atoms with Gasteiger partial charge in [-0.1, -0.05) is 72.8 Å². The minimum atomic E-state index is -0.520. The number of nitrogens with two attached hydrogens (primary N) is 1. The van der Waals surface area contributed by atoms with Gasteiger partial charge < -0.3 is 10.6 Å². The Labute approximate surface area is 171 Å². The Bertz CT molecular complexity index is 932. The number of anilines is 1. The fourth-order valence-electron chi connectivity index (χ4n) is 3.23. The number of hydrogen-bond donors (Lipinski definition) is 3. The zero-order valence-electron chi connectivity index (χ0n) is 16.7. The van der Waals surface area contributed by atoms with Gasteiger partial charge >= 0.3 is 6.03 Å². The van der Waals surface area contributed by atoms with Crippen molar-refractivity contribution < 1.29 is 14.9 Å². The van der Waals surface area contributed by atoms with E-state index in [9.17, 15) is 9.59 Å². The molecule has 0 radical (unpaired) electrons. The molecule has 3 aromatic rings. The number of urea groups is 1. The van der Waals surface area contributed by atoms with Crippen molar-refractivity contribution in [1.82, 2.24) is 5.32 Å². The van der Waals surface area contributed by atoms with Crippen LogP contribution in [0.1, 0.15) is 28.3 Å². The van der Waals surface area contributed by atoms with Crippen LogP contribution in [0.3, 0.4) is 0 Å². The number of benzene rings is 3. The lowest BCUT2D eigenvalue weighted by Gasteiger charge is -2.16. The molecule has 0 spiro atoms. The highest BCUT2D eigenvalue weighted by Crippen LogP contribution is 2.18. The summed E-state index contributed by atoms with van der Waals surface area (Å²) in [7, 11) is 0. The number of rotatable bonds is 6. The predicted octanol–water partition coefficient (Wildman–Crippen LogP) is 3.30. The first kappa shape index (κ1) is 20.3. The maximum absolute atomic E-state index is 12.4. The lowest BCUT2D eigenvalue weighted by atomic mass is 9.99. The number of nitrogens with one attached hydrogen (secondary N) is 2. The fourth-order valence-corrected chi connectivity index (χ4v) is 3.23. The van der Waals surface area contributed by atoms with E-state index >= 15 is 0 Å². The summed E-state index contributed by atoms with van der Waals surface area (Å²) in [4.78, 5) is 24.6. The first-order chi connectivity index (χ1) is 14.0. The number of carbonyl (C=O) groups is 2. The quantitative estimate of drug-likeness (QED) is 0.606. The van der Waals surface area contributed by atoms with Crippen molar-refractivity contribution in [3.63, 3.8) is 0 Å². The van der Waals surface area contributed by atoms with E-state index in [-0.39, 0.29) is 18.5 Å². The van der Waals surface area contributed by atoms with Crippen LogP contribution in [-0.4, -0.2) is 18.5 Å². The highest BCUT2D eigenvalue weighted by Gasteiger charge is 2.19. The summed E-state index contributed by atoms with van der Waals surface area (Å²) in [6.45, 7) is 4.05. The molecule has 0 bridgehead atoms. The molecule has 148 valence electrons. The van der Waals surface area contributed by atoms with E-state index in [0.29, 0.717) is 5.69 Å². The summed E-state index contributed by atoms with van der Waals surface area (Å²) < 4.78 is 0. The Morgan fingerprint density at radius 3 is 2.00 bits per heavy atom. The molecule has 0 aliphatic rings. The fraction of sp³-hybridized carbons (Fsp3) is 0.167. The summed E-state index contributed by atoms with van der Waals surface area (Å²) in [6, 6.07) is 25.2. The molecule has 0 aliphatic heterocycles. The molecular weight excluding hydrogens is 362 g/mol. The zero-order chi connectivity index (χ0) is 20.6. The van der Waals surface area contributed by atoms with Gasteiger partial charge in [0.1, 0.15) is 6.04 Å². The van der Waals surface area contributed by atoms with Crippen molar-refractivity contribution in [2.45, 2.75) is 19.9 Å². The average molecular weight is 388 g/mol. The summed E-state index contributed by atoms with van der Waals surface area (Å²) in [6.07, 6.45) is 0. The molecule has 0 heterocycles. The van der Waals surface area contributed by atoms with Crippen LogP contribution in [0.2, 0.25) is 0 Å². The van der Waals surface area contributed by atoms with E-state index in [1.165, 1.54) is 0 Å². The molecule has 0 fully saturated rings. The molecule has 0 aromatic heterocycles. The Kier molecular flexibility index (Phi) is 6.76. The van der Waals surface area contributed by atoms with Gasteiger partial charge in [0.2, 0.25) is 0 Å². The van der Waals surface area contributed by atoms with Crippen molar-refractivity contribution in [2.24, 2.45) is 0 Å². The number of quaternary nitrogens is 1. The molecule has 0 atom stereocenters. The van der Waals surface area contributed by atoms with Gasteiger partial charge in [-0.3, -0.25) is 10.1 Å². The molecule has 0 unspecified atom stereocenters. The minimum Gasteiger partial charge on any atom is -0.328 e. The highest BCUT2D eigenvalue weighted by atomic mass is 16.2. The van der Waals surface area contributed by atoms with Gasteiger partial charge in [-0.05, 0) is 31.0 Å². The van der Waals surface area contributed by atoms with E-state index in [1.54, 1.807) is 0 Å². The van der Waals surface area contributed by atoms with Gasteiger partial charge in [0.05, 0.1) is 0 Å². The standard InChI is InChI=1S/C24H25N3O2/c1-17-10-9-15-21(18(17)2)26-24(29)27-22(28)16-25-23(19-11-5-3-6-12-19)20-13-7-4-8-14-20/h3-15,23,25H,16H2,1-2H3,(H2,26,27,28,29)/p+1. The van der Waals surface area contributed by atoms with Crippen LogP contribution in [0.25, 0.3) is 0 Å². The lowest BCUT2D eigenvalue weighted by Crippen LogP contribution is -2.87. The van der Waals surface area contributed by atoms with Crippen molar-refractivity contribution in [3.8, 4) is 0 Å². The molecule has 4 N–H and O–H groups in total. The van der Waals surface area contributed by atoms with Gasteiger partial charge in [-0.15, -0.1) is 0 Å². The molecule has 3 rings (SSSR count). The van der Waals surface area contributed by atoms with Crippen LogP contribution in [0.4, 0.5) is 10.5 Å². The normalized spacial score (nSPS) is 10.6. The molecule has 0 saturated heterocycles. The smallest absolute Gasteiger partial charge is 0.326 e. The zero-order valence-corrected chi connectivity index (χ0v) is 16.7. The highest BCUT2D eigenvalue weighted by molar-refractivity contribution is 6.01. The summed E-state index contributed by atoms with van der Waals surface area (Å²) in [5.41, 5.74) is 4.97. The van der Waals surface area contributed by atoms with Crippen LogP contribution in [0.5, 0.6) is 0 Å². The van der Waals surface area contributed by atoms with Crippen LogP contribution in [-0.2, 0) is 4.79 Å². The molecule has 0 aliphatic carbocycles. The summed E-state index contributed by atoms with van der Waals surface area (Å²) in [5, 5.41) is 7.10. The van der Waals surface area contributed by atoms with Gasteiger partial charge in [-0.25, -0.2) is 4.79 Å². The van der Waals surface area contributed by atoms with Gasteiger partial charge in [-0.2, -0.15) is 0 Å². The van der Waals surface area contributed by atoms with Gasteiger partial charge in [0.15, 0.2) is 6.54 Å². The first-order valence-electron chi connectivity index (χ1n) is 9.65. The van der Waals surface area contributed by atoms with Gasteiger partial charge in [0, 0.05) is 16.8 Å². The number of imide groups is 1. The van der Waals surface area contributed by atoms with Crippen molar-refractivity contribution in [1.29, 1.82) is 0 Å². The first-order valence-corrected chi connectivity index (χ1v) is 9.65. The molecule has 3 aromatic carbocycles. The maximum Gasteiger partial charge on any atom is 0.326 e. The second-order valence-corrected chi connectivity index (χ2v) is 6.99.